The molecule has 0 unspecified atom stereocenters. The monoisotopic (exact) mass is 264 g/mol. The molecule has 5 heteroatoms. The molecule has 0 atom stereocenters. The second kappa shape index (κ2) is 6.70. The average Bonchev–Trinajstić information content (AvgIpc) is 2.91. The van der Waals surface area contributed by atoms with Gasteiger partial charge in [0.1, 0.15) is 0 Å². The lowest BCUT2D eigenvalue weighted by atomic mass is 9.96. The van der Waals surface area contributed by atoms with Crippen LogP contribution in [-0.2, 0) is 11.2 Å². The Morgan fingerprint density at radius 2 is 2.26 bits per heavy atom. The highest BCUT2D eigenvalue weighted by molar-refractivity contribution is 5.76. The summed E-state index contributed by atoms with van der Waals surface area (Å²) in [5.74, 6) is 0.902. The zero-order valence-electron chi connectivity index (χ0n) is 11.9. The number of likely N-dealkylation sites (tertiary alicyclic amines) is 1. The van der Waals surface area contributed by atoms with Gasteiger partial charge in [-0.15, -0.1) is 0 Å². The molecule has 106 valence electrons. The lowest BCUT2D eigenvalue weighted by molar-refractivity contribution is -0.130. The summed E-state index contributed by atoms with van der Waals surface area (Å²) in [5, 5.41) is 6.66. The molecule has 2 rings (SSSR count). The van der Waals surface area contributed by atoms with Gasteiger partial charge in [-0.25, -0.2) is 0 Å². The van der Waals surface area contributed by atoms with Gasteiger partial charge in [0.05, 0.1) is 6.20 Å². The van der Waals surface area contributed by atoms with Crippen molar-refractivity contribution in [3.8, 4) is 0 Å². The third-order valence-electron chi connectivity index (χ3n) is 3.98. The van der Waals surface area contributed by atoms with Gasteiger partial charge in [-0.2, -0.15) is 5.10 Å². The number of nitrogens with one attached hydrogen (secondary N) is 1. The van der Waals surface area contributed by atoms with Crippen molar-refractivity contribution in [3.05, 3.63) is 18.0 Å². The molecular formula is C14H24N4O. The van der Waals surface area contributed by atoms with E-state index in [0.717, 1.165) is 31.6 Å². The lowest BCUT2D eigenvalue weighted by Gasteiger charge is -2.31. The molecule has 1 fully saturated rings. The van der Waals surface area contributed by atoms with E-state index >= 15 is 0 Å². The molecule has 0 bridgehead atoms. The number of carbonyl (C=O) groups is 1. The minimum Gasteiger partial charge on any atom is -0.345 e. The van der Waals surface area contributed by atoms with E-state index in [-0.39, 0.29) is 5.91 Å². The van der Waals surface area contributed by atoms with E-state index in [0.29, 0.717) is 12.3 Å². The largest absolute Gasteiger partial charge is 0.345 e. The number of carbonyl (C=O) groups excluding carboxylic acids is 1. The molecule has 0 saturated carbocycles. The number of aromatic amines is 1. The Morgan fingerprint density at radius 3 is 2.89 bits per heavy atom. The van der Waals surface area contributed by atoms with Gasteiger partial charge in [0, 0.05) is 26.2 Å². The van der Waals surface area contributed by atoms with Crippen molar-refractivity contribution in [3.63, 3.8) is 0 Å². The smallest absolute Gasteiger partial charge is 0.222 e. The van der Waals surface area contributed by atoms with Gasteiger partial charge in [0.25, 0.3) is 0 Å². The first-order valence-electron chi connectivity index (χ1n) is 7.05. The molecule has 1 amide bonds. The number of rotatable bonds is 5. The summed E-state index contributed by atoms with van der Waals surface area (Å²) < 4.78 is 0. The topological polar surface area (TPSA) is 52.2 Å². The summed E-state index contributed by atoms with van der Waals surface area (Å²) >= 11 is 0. The first-order chi connectivity index (χ1) is 9.15. The predicted molar refractivity (Wildman–Crippen MR) is 74.8 cm³/mol. The fourth-order valence-electron chi connectivity index (χ4n) is 2.59. The van der Waals surface area contributed by atoms with Crippen LogP contribution in [0, 0.1) is 5.92 Å². The van der Waals surface area contributed by atoms with Crippen LogP contribution in [0.25, 0.3) is 0 Å². The van der Waals surface area contributed by atoms with E-state index in [2.05, 4.69) is 22.1 Å². The number of H-pyrrole nitrogens is 1. The molecule has 1 aliphatic rings. The minimum atomic E-state index is 0.236. The first-order valence-corrected chi connectivity index (χ1v) is 7.05. The number of hydrogen-bond donors (Lipinski definition) is 1. The molecule has 5 nitrogen and oxygen atoms in total. The van der Waals surface area contributed by atoms with Crippen LogP contribution in [0.5, 0.6) is 0 Å². The fraction of sp³-hybridized carbons (Fsp3) is 0.714. The number of aryl methyl sites for hydroxylation is 1. The van der Waals surface area contributed by atoms with Crippen LogP contribution in [0.15, 0.2) is 12.4 Å². The number of aromatic nitrogens is 2. The minimum absolute atomic E-state index is 0.236. The SMILES string of the molecule is CN1CCC(CN(C)C(=O)CCc2cn[nH]c2)CC1. The molecule has 19 heavy (non-hydrogen) atoms. The third-order valence-corrected chi connectivity index (χ3v) is 3.98. The Morgan fingerprint density at radius 1 is 1.53 bits per heavy atom. The molecule has 1 aromatic rings. The van der Waals surface area contributed by atoms with E-state index in [4.69, 9.17) is 0 Å². The summed E-state index contributed by atoms with van der Waals surface area (Å²) in [4.78, 5) is 16.3. The number of nitrogens with zero attached hydrogens (tertiary/aromatic N) is 3. The quantitative estimate of drug-likeness (QED) is 0.868. The highest BCUT2D eigenvalue weighted by Crippen LogP contribution is 2.17. The molecule has 1 N–H and O–H groups in total. The summed E-state index contributed by atoms with van der Waals surface area (Å²) in [5.41, 5.74) is 1.10. The Balaban J connectivity index is 1.70. The van der Waals surface area contributed by atoms with Gasteiger partial charge >= 0.3 is 0 Å². The van der Waals surface area contributed by atoms with Gasteiger partial charge in [-0.3, -0.25) is 9.89 Å². The highest BCUT2D eigenvalue weighted by atomic mass is 16.2. The molecule has 1 aliphatic heterocycles. The molecule has 0 spiro atoms. The number of piperidine rings is 1. The maximum absolute atomic E-state index is 12.1. The third kappa shape index (κ3) is 4.35. The van der Waals surface area contributed by atoms with Crippen molar-refractivity contribution in [2.24, 2.45) is 5.92 Å². The van der Waals surface area contributed by atoms with E-state index in [1.165, 1.54) is 12.8 Å². The van der Waals surface area contributed by atoms with Crippen LogP contribution in [0.2, 0.25) is 0 Å². The van der Waals surface area contributed by atoms with Crippen molar-refractivity contribution >= 4 is 5.91 Å². The normalized spacial score (nSPS) is 17.6. The van der Waals surface area contributed by atoms with Gasteiger partial charge in [-0.05, 0) is 50.9 Å². The maximum atomic E-state index is 12.1. The van der Waals surface area contributed by atoms with Crippen LogP contribution in [-0.4, -0.2) is 59.6 Å². The standard InChI is InChI=1S/C14H24N4O/c1-17-7-5-12(6-8-17)11-18(2)14(19)4-3-13-9-15-16-10-13/h9-10,12H,3-8,11H2,1-2H3,(H,15,16). The Labute approximate surface area is 115 Å². The fourth-order valence-corrected chi connectivity index (χ4v) is 2.59. The Hall–Kier alpha value is -1.36. The van der Waals surface area contributed by atoms with Gasteiger partial charge in [-0.1, -0.05) is 0 Å². The van der Waals surface area contributed by atoms with Gasteiger partial charge < -0.3 is 9.80 Å². The van der Waals surface area contributed by atoms with E-state index in [1.54, 1.807) is 6.20 Å². The molecular weight excluding hydrogens is 240 g/mol. The van der Waals surface area contributed by atoms with Crippen molar-refractivity contribution in [1.29, 1.82) is 0 Å². The lowest BCUT2D eigenvalue weighted by Crippen LogP contribution is -2.38. The van der Waals surface area contributed by atoms with Gasteiger partial charge in [0.15, 0.2) is 0 Å². The number of hydrogen-bond acceptors (Lipinski definition) is 3. The van der Waals surface area contributed by atoms with E-state index in [9.17, 15) is 4.79 Å². The van der Waals surface area contributed by atoms with Gasteiger partial charge in [0.2, 0.25) is 5.91 Å². The zero-order valence-corrected chi connectivity index (χ0v) is 11.9. The Bertz CT molecular complexity index is 382. The summed E-state index contributed by atoms with van der Waals surface area (Å²) in [7, 11) is 4.09. The van der Waals surface area contributed by atoms with Crippen molar-refractivity contribution in [1.82, 2.24) is 20.0 Å². The molecule has 2 heterocycles. The summed E-state index contributed by atoms with van der Waals surface area (Å²) in [6.45, 7) is 3.21. The molecule has 0 aliphatic carbocycles. The highest BCUT2D eigenvalue weighted by Gasteiger charge is 2.20. The van der Waals surface area contributed by atoms with E-state index < -0.39 is 0 Å². The van der Waals surface area contributed by atoms with Crippen LogP contribution >= 0.6 is 0 Å². The maximum Gasteiger partial charge on any atom is 0.222 e. The van der Waals surface area contributed by atoms with Crippen molar-refractivity contribution in [2.75, 3.05) is 33.7 Å². The molecule has 0 aromatic carbocycles. The van der Waals surface area contributed by atoms with E-state index in [1.807, 2.05) is 18.1 Å². The van der Waals surface area contributed by atoms with Crippen LogP contribution in [0.1, 0.15) is 24.8 Å². The second-order valence-electron chi connectivity index (χ2n) is 5.63. The summed E-state index contributed by atoms with van der Waals surface area (Å²) in [6, 6.07) is 0. The second-order valence-corrected chi connectivity index (χ2v) is 5.63. The zero-order chi connectivity index (χ0) is 13.7. The van der Waals surface area contributed by atoms with Crippen LogP contribution in [0.4, 0.5) is 0 Å². The number of amides is 1. The van der Waals surface area contributed by atoms with Crippen molar-refractivity contribution < 1.29 is 4.79 Å². The molecule has 1 saturated heterocycles. The van der Waals surface area contributed by atoms with Crippen molar-refractivity contribution in [2.45, 2.75) is 25.7 Å². The first kappa shape index (κ1) is 14.1. The molecule has 1 aromatic heterocycles. The van der Waals surface area contributed by atoms with Crippen LogP contribution in [0.3, 0.4) is 0 Å². The predicted octanol–water partition coefficient (Wildman–Crippen LogP) is 1.14. The average molecular weight is 264 g/mol. The summed E-state index contributed by atoms with van der Waals surface area (Å²) in [6.07, 6.45) is 7.38. The molecule has 0 radical (unpaired) electrons. The van der Waals surface area contributed by atoms with Crippen LogP contribution < -0.4 is 0 Å². The Kier molecular flexibility index (Phi) is 4.96.